The monoisotopic (exact) mass is 287 g/mol. The summed E-state index contributed by atoms with van der Waals surface area (Å²) in [6.45, 7) is 1.69. The van der Waals surface area contributed by atoms with E-state index in [4.69, 9.17) is 5.11 Å². The first-order chi connectivity index (χ1) is 8.92. The number of hydrogen-bond acceptors (Lipinski definition) is 5. The highest BCUT2D eigenvalue weighted by Crippen LogP contribution is 2.17. The van der Waals surface area contributed by atoms with Crippen LogP contribution in [0.15, 0.2) is 23.1 Å². The van der Waals surface area contributed by atoms with Gasteiger partial charge in [0.05, 0.1) is 17.6 Å². The van der Waals surface area contributed by atoms with E-state index in [1.807, 2.05) is 0 Å². The van der Waals surface area contributed by atoms with Gasteiger partial charge in [0.15, 0.2) is 0 Å². The Kier molecular flexibility index (Phi) is 5.46. The van der Waals surface area contributed by atoms with E-state index in [2.05, 4.69) is 9.46 Å². The van der Waals surface area contributed by atoms with Crippen LogP contribution in [0.2, 0.25) is 0 Å². The Hall–Kier alpha value is -1.44. The SMILES string of the molecule is COC(=O)c1ccc(C)c(S(=O)(=O)NCCCO)c1. The topological polar surface area (TPSA) is 92.7 Å². The van der Waals surface area contributed by atoms with Gasteiger partial charge in [0, 0.05) is 13.2 Å². The lowest BCUT2D eigenvalue weighted by Crippen LogP contribution is -2.26. The molecule has 1 aromatic carbocycles. The van der Waals surface area contributed by atoms with Crippen LogP contribution in [0.1, 0.15) is 22.3 Å². The highest BCUT2D eigenvalue weighted by atomic mass is 32.2. The number of sulfonamides is 1. The number of esters is 1. The number of aliphatic hydroxyl groups excluding tert-OH is 1. The number of hydrogen-bond donors (Lipinski definition) is 2. The molecule has 0 saturated carbocycles. The number of aryl methyl sites for hydroxylation is 1. The molecule has 19 heavy (non-hydrogen) atoms. The Morgan fingerprint density at radius 3 is 2.68 bits per heavy atom. The molecule has 2 N–H and O–H groups in total. The molecule has 0 bridgehead atoms. The molecule has 0 unspecified atom stereocenters. The molecule has 0 spiro atoms. The normalized spacial score (nSPS) is 11.3. The summed E-state index contributed by atoms with van der Waals surface area (Å²) in [7, 11) is -2.46. The average molecular weight is 287 g/mol. The maximum atomic E-state index is 12.0. The molecule has 0 saturated heterocycles. The van der Waals surface area contributed by atoms with E-state index < -0.39 is 16.0 Å². The summed E-state index contributed by atoms with van der Waals surface area (Å²) in [4.78, 5) is 11.4. The second-order valence-corrected chi connectivity index (χ2v) is 5.68. The maximum Gasteiger partial charge on any atom is 0.337 e. The number of benzene rings is 1. The van der Waals surface area contributed by atoms with Gasteiger partial charge in [-0.2, -0.15) is 0 Å². The van der Waals surface area contributed by atoms with Gasteiger partial charge in [0.1, 0.15) is 0 Å². The lowest BCUT2D eigenvalue weighted by atomic mass is 10.1. The van der Waals surface area contributed by atoms with Gasteiger partial charge in [0.25, 0.3) is 0 Å². The molecule has 0 aliphatic heterocycles. The van der Waals surface area contributed by atoms with Crippen molar-refractivity contribution in [2.45, 2.75) is 18.2 Å². The third-order valence-corrected chi connectivity index (χ3v) is 4.13. The first kappa shape index (κ1) is 15.6. The molecule has 6 nitrogen and oxygen atoms in total. The Morgan fingerprint density at radius 1 is 1.42 bits per heavy atom. The van der Waals surface area contributed by atoms with Crippen molar-refractivity contribution >= 4 is 16.0 Å². The van der Waals surface area contributed by atoms with E-state index >= 15 is 0 Å². The van der Waals surface area contributed by atoms with Crippen molar-refractivity contribution in [3.63, 3.8) is 0 Å². The van der Waals surface area contributed by atoms with Crippen molar-refractivity contribution in [1.29, 1.82) is 0 Å². The van der Waals surface area contributed by atoms with Gasteiger partial charge in [-0.1, -0.05) is 6.07 Å². The van der Waals surface area contributed by atoms with E-state index in [0.717, 1.165) is 0 Å². The molecule has 0 radical (unpaired) electrons. The highest BCUT2D eigenvalue weighted by Gasteiger charge is 2.18. The Bertz CT molecular complexity index is 553. The van der Waals surface area contributed by atoms with Gasteiger partial charge in [0.2, 0.25) is 10.0 Å². The van der Waals surface area contributed by atoms with E-state index in [1.165, 1.54) is 19.2 Å². The van der Waals surface area contributed by atoms with Crippen molar-refractivity contribution in [2.24, 2.45) is 0 Å². The molecule has 0 aromatic heterocycles. The smallest absolute Gasteiger partial charge is 0.337 e. The van der Waals surface area contributed by atoms with Gasteiger partial charge in [-0.15, -0.1) is 0 Å². The zero-order chi connectivity index (χ0) is 14.5. The van der Waals surface area contributed by atoms with Crippen molar-refractivity contribution in [2.75, 3.05) is 20.3 Å². The van der Waals surface area contributed by atoms with Crippen LogP contribution in [0.25, 0.3) is 0 Å². The van der Waals surface area contributed by atoms with Crippen molar-refractivity contribution in [3.05, 3.63) is 29.3 Å². The summed E-state index contributed by atoms with van der Waals surface area (Å²) >= 11 is 0. The number of methoxy groups -OCH3 is 1. The fraction of sp³-hybridized carbons (Fsp3) is 0.417. The van der Waals surface area contributed by atoms with E-state index in [0.29, 0.717) is 12.0 Å². The van der Waals surface area contributed by atoms with Crippen LogP contribution in [-0.4, -0.2) is 39.8 Å². The van der Waals surface area contributed by atoms with Crippen LogP contribution < -0.4 is 4.72 Å². The fourth-order valence-corrected chi connectivity index (χ4v) is 2.84. The lowest BCUT2D eigenvalue weighted by molar-refractivity contribution is 0.0600. The molecule has 0 fully saturated rings. The van der Waals surface area contributed by atoms with Crippen LogP contribution >= 0.6 is 0 Å². The Balaban J connectivity index is 3.07. The molecule has 106 valence electrons. The van der Waals surface area contributed by atoms with Crippen LogP contribution in [-0.2, 0) is 14.8 Å². The summed E-state index contributed by atoms with van der Waals surface area (Å²) in [5, 5.41) is 8.64. The van der Waals surface area contributed by atoms with Gasteiger partial charge >= 0.3 is 5.97 Å². The zero-order valence-corrected chi connectivity index (χ0v) is 11.7. The molecule has 7 heteroatoms. The highest BCUT2D eigenvalue weighted by molar-refractivity contribution is 7.89. The van der Waals surface area contributed by atoms with Gasteiger partial charge in [-0.25, -0.2) is 17.9 Å². The molecule has 1 rings (SSSR count). The third-order valence-electron chi connectivity index (χ3n) is 2.53. The van der Waals surface area contributed by atoms with Crippen molar-refractivity contribution in [3.8, 4) is 0 Å². The molecule has 1 aromatic rings. The summed E-state index contributed by atoms with van der Waals surface area (Å²) in [5.41, 5.74) is 0.708. The third kappa shape index (κ3) is 4.02. The van der Waals surface area contributed by atoms with Crippen molar-refractivity contribution in [1.82, 2.24) is 4.72 Å². The molecule has 0 atom stereocenters. The minimum Gasteiger partial charge on any atom is -0.465 e. The summed E-state index contributed by atoms with van der Waals surface area (Å²) in [5.74, 6) is -0.591. The van der Waals surface area contributed by atoms with Gasteiger partial charge in [-0.05, 0) is 31.0 Å². The zero-order valence-electron chi connectivity index (χ0n) is 10.8. The number of carbonyl (C=O) groups excluding carboxylic acids is 1. The molecular formula is C12H17NO5S. The van der Waals surface area contributed by atoms with Crippen LogP contribution in [0.5, 0.6) is 0 Å². The van der Waals surface area contributed by atoms with Crippen LogP contribution in [0.3, 0.4) is 0 Å². The largest absolute Gasteiger partial charge is 0.465 e. The second-order valence-electron chi connectivity index (χ2n) is 3.95. The number of rotatable bonds is 6. The number of nitrogens with one attached hydrogen (secondary N) is 1. The predicted octanol–water partition coefficient (Wildman–Crippen LogP) is 0.442. The minimum absolute atomic E-state index is 0.0355. The van der Waals surface area contributed by atoms with E-state index in [1.54, 1.807) is 13.0 Å². The average Bonchev–Trinajstić information content (AvgIpc) is 2.38. The van der Waals surface area contributed by atoms with E-state index in [-0.39, 0.29) is 23.6 Å². The number of aliphatic hydroxyl groups is 1. The first-order valence-electron chi connectivity index (χ1n) is 5.72. The summed E-state index contributed by atoms with van der Waals surface area (Å²) in [6.07, 6.45) is 0.328. The number of ether oxygens (including phenoxy) is 1. The summed E-state index contributed by atoms with van der Waals surface area (Å²) < 4.78 is 31.0. The molecular weight excluding hydrogens is 270 g/mol. The van der Waals surface area contributed by atoms with Gasteiger partial charge in [-0.3, -0.25) is 0 Å². The quantitative estimate of drug-likeness (QED) is 0.585. The molecule has 0 aliphatic carbocycles. The minimum atomic E-state index is -3.70. The van der Waals surface area contributed by atoms with Crippen LogP contribution in [0, 0.1) is 6.92 Å². The first-order valence-corrected chi connectivity index (χ1v) is 7.20. The number of carbonyl (C=O) groups is 1. The second kappa shape index (κ2) is 6.65. The maximum absolute atomic E-state index is 12.0. The fourth-order valence-electron chi connectivity index (χ4n) is 1.50. The lowest BCUT2D eigenvalue weighted by Gasteiger charge is -2.10. The Labute approximate surface area is 112 Å². The van der Waals surface area contributed by atoms with Crippen LogP contribution in [0.4, 0.5) is 0 Å². The van der Waals surface area contributed by atoms with Gasteiger partial charge < -0.3 is 9.84 Å². The predicted molar refractivity (Wildman–Crippen MR) is 69.4 cm³/mol. The molecule has 0 aliphatic rings. The standard InChI is InChI=1S/C12H17NO5S/c1-9-4-5-10(12(15)18-2)8-11(9)19(16,17)13-6-3-7-14/h4-5,8,13-14H,3,6-7H2,1-2H3. The molecule has 0 amide bonds. The van der Waals surface area contributed by atoms with E-state index in [9.17, 15) is 13.2 Å². The Morgan fingerprint density at radius 2 is 2.11 bits per heavy atom. The van der Waals surface area contributed by atoms with Crippen molar-refractivity contribution < 1.29 is 23.1 Å². The molecule has 0 heterocycles. The summed E-state index contributed by atoms with van der Waals surface area (Å²) in [6, 6.07) is 4.34.